The molecule has 10 radical (unpaired) electrons. The van der Waals surface area contributed by atoms with Crippen LogP contribution in [0.1, 0.15) is 11.0 Å². The molecule has 2 aliphatic carbocycles. The van der Waals surface area contributed by atoms with Gasteiger partial charge in [-0.3, -0.25) is 4.79 Å². The van der Waals surface area contributed by atoms with Gasteiger partial charge in [0.2, 0.25) is 0 Å². The zero-order chi connectivity index (χ0) is 12.0. The van der Waals surface area contributed by atoms with E-state index in [4.69, 9.17) is 4.11 Å². The Morgan fingerprint density at radius 2 is 1.43 bits per heavy atom. The predicted molar refractivity (Wildman–Crippen MR) is 52.6 cm³/mol. The van der Waals surface area contributed by atoms with Gasteiger partial charge < -0.3 is 0 Å². The van der Waals surface area contributed by atoms with Crippen LogP contribution in [0.3, 0.4) is 0 Å². The van der Waals surface area contributed by atoms with Crippen molar-refractivity contribution in [2.75, 3.05) is 0 Å². The molecule has 0 unspecified atom stereocenters. The van der Waals surface area contributed by atoms with Gasteiger partial charge in [0.15, 0.2) is 0 Å². The van der Waals surface area contributed by atoms with Crippen LogP contribution in [-0.2, 0) is 21.9 Å². The summed E-state index contributed by atoms with van der Waals surface area (Å²) in [5.41, 5.74) is 0. The maximum atomic E-state index is 11.0. The van der Waals surface area contributed by atoms with Crippen molar-refractivity contribution in [3.8, 4) is 0 Å². The second-order valence-corrected chi connectivity index (χ2v) is 2.46. The summed E-state index contributed by atoms with van der Waals surface area (Å²) in [5, 5.41) is 0. The van der Waals surface area contributed by atoms with Crippen LogP contribution in [0.25, 0.3) is 0 Å². The second kappa shape index (κ2) is 8.49. The van der Waals surface area contributed by atoms with Crippen molar-refractivity contribution in [2.45, 2.75) is 6.85 Å². The molecule has 0 atom stereocenters. The first-order valence-electron chi connectivity index (χ1n) is 5.45. The molecular weight excluding hydrogens is 216 g/mol. The van der Waals surface area contributed by atoms with E-state index in [-0.39, 0.29) is 23.0 Å². The van der Waals surface area contributed by atoms with E-state index in [1.165, 1.54) is 12.8 Å². The fourth-order valence-electron chi connectivity index (χ4n) is 0.846. The first kappa shape index (κ1) is 9.42. The quantitative estimate of drug-likeness (QED) is 0.631. The number of Topliss-reactive ketones (excluding diaryl/α,β-unsaturated/α-hetero) is 1. The number of rotatable bonds is 1. The molecule has 0 N–H and O–H groups in total. The van der Waals surface area contributed by atoms with Crippen molar-refractivity contribution in [1.29, 1.82) is 0 Å². The smallest absolute Gasteiger partial charge is 0.299 e. The molecule has 0 heterocycles. The SMILES string of the molecule is [2H]C([2H])([2H])C(=O)[C]1[CH][CH][CH][CH]1.[CH]1[CH][CH][CH][CH]1.[Fe+2]. The molecule has 2 fully saturated rings. The fraction of sp³-hybridized carbons (Fsp3) is 0.0833. The van der Waals surface area contributed by atoms with Gasteiger partial charge in [-0.05, 0) is 64.6 Å². The molecule has 0 spiro atoms. The van der Waals surface area contributed by atoms with Gasteiger partial charge in [0.25, 0.3) is 0 Å². The molecule has 0 aromatic heterocycles. The van der Waals surface area contributed by atoms with Crippen molar-refractivity contribution < 1.29 is 26.0 Å². The summed E-state index contributed by atoms with van der Waals surface area (Å²) in [7, 11) is 0. The molecule has 72 valence electrons. The van der Waals surface area contributed by atoms with E-state index >= 15 is 0 Å². The molecule has 2 saturated carbocycles. The number of hydrogen-bond acceptors (Lipinski definition) is 1. The molecule has 0 aliphatic heterocycles. The van der Waals surface area contributed by atoms with Crippen molar-refractivity contribution in [3.05, 3.63) is 63.7 Å². The number of ketones is 1. The fourth-order valence-corrected chi connectivity index (χ4v) is 0.846. The van der Waals surface area contributed by atoms with Gasteiger partial charge in [-0.1, -0.05) is 0 Å². The average molecular weight is 231 g/mol. The van der Waals surface area contributed by atoms with E-state index in [2.05, 4.69) is 0 Å². The van der Waals surface area contributed by atoms with Gasteiger partial charge in [-0.25, -0.2) is 0 Å². The summed E-state index contributed by atoms with van der Waals surface area (Å²) in [4.78, 5) is 11.0. The molecule has 0 saturated heterocycles. The first-order valence-corrected chi connectivity index (χ1v) is 3.95. The summed E-state index contributed by atoms with van der Waals surface area (Å²) in [6, 6.07) is 0. The van der Waals surface area contributed by atoms with Crippen LogP contribution < -0.4 is 0 Å². The molecule has 2 rings (SSSR count). The van der Waals surface area contributed by atoms with E-state index in [9.17, 15) is 4.79 Å². The Kier molecular flexibility index (Phi) is 5.71. The zero-order valence-corrected chi connectivity index (χ0v) is 8.56. The molecule has 0 aromatic rings. The van der Waals surface area contributed by atoms with Crippen molar-refractivity contribution in [3.63, 3.8) is 0 Å². The Hall–Kier alpha value is 0.189. The normalized spacial score (nSPS) is 25.0. The maximum absolute atomic E-state index is 11.0. The van der Waals surface area contributed by atoms with Crippen LogP contribution in [0.5, 0.6) is 0 Å². The van der Waals surface area contributed by atoms with Crippen molar-refractivity contribution in [1.82, 2.24) is 0 Å². The molecule has 2 aliphatic rings. The standard InChI is InChI=1S/C7H7O.C5H5.Fe/c1-6(8)7-4-2-3-5-7;1-2-4-5-3-1;/h2-5H,1H3;1-5H;/q;;+2/i1D3;;. The topological polar surface area (TPSA) is 17.1 Å². The van der Waals surface area contributed by atoms with Gasteiger partial charge in [0.1, 0.15) is 5.78 Å². The summed E-state index contributed by atoms with van der Waals surface area (Å²) < 4.78 is 20.4. The number of hydrogen-bond donors (Lipinski definition) is 0. The Morgan fingerprint density at radius 3 is 1.79 bits per heavy atom. The minimum Gasteiger partial charge on any atom is -0.299 e. The van der Waals surface area contributed by atoms with E-state index in [1.807, 2.05) is 32.1 Å². The Labute approximate surface area is 103 Å². The van der Waals surface area contributed by atoms with Gasteiger partial charge in [0.05, 0.1) is 0 Å². The molecule has 1 nitrogen and oxygen atoms in total. The molecule has 2 heteroatoms. The van der Waals surface area contributed by atoms with Gasteiger partial charge in [-0.2, -0.15) is 0 Å². The average Bonchev–Trinajstić information content (AvgIpc) is 2.91. The Morgan fingerprint density at radius 1 is 1.00 bits per heavy atom. The first-order chi connectivity index (χ1) is 7.52. The molecular formula is C12H12FeO+2. The summed E-state index contributed by atoms with van der Waals surface area (Å²) in [6.07, 6.45) is 16.3. The van der Waals surface area contributed by atoms with Crippen molar-refractivity contribution in [2.24, 2.45) is 0 Å². The maximum Gasteiger partial charge on any atom is 2.00 e. The minimum atomic E-state index is -2.51. The molecule has 14 heavy (non-hydrogen) atoms. The van der Waals surface area contributed by atoms with E-state index in [0.29, 0.717) is 0 Å². The largest absolute Gasteiger partial charge is 2.00 e. The van der Waals surface area contributed by atoms with Gasteiger partial charge in [0, 0.05) is 10.0 Å². The monoisotopic (exact) mass is 231 g/mol. The zero-order valence-electron chi connectivity index (χ0n) is 10.5. The summed E-state index contributed by atoms with van der Waals surface area (Å²) in [5.74, 6) is -0.535. The summed E-state index contributed by atoms with van der Waals surface area (Å²) >= 11 is 0. The number of carbonyl (C=O) groups excluding carboxylic acids is 1. The van der Waals surface area contributed by atoms with Crippen molar-refractivity contribution >= 4 is 5.78 Å². The number of carbonyl (C=O) groups is 1. The second-order valence-electron chi connectivity index (χ2n) is 2.46. The molecule has 0 amide bonds. The summed E-state index contributed by atoms with van der Waals surface area (Å²) in [6.45, 7) is -2.51. The van der Waals surface area contributed by atoms with Gasteiger partial charge >= 0.3 is 17.1 Å². The third kappa shape index (κ3) is 5.82. The molecule has 0 aromatic carbocycles. The van der Waals surface area contributed by atoms with Crippen LogP contribution in [0.2, 0.25) is 0 Å². The third-order valence-electron chi connectivity index (χ3n) is 1.48. The Balaban J connectivity index is 0.000000360. The van der Waals surface area contributed by atoms with E-state index < -0.39 is 12.6 Å². The Bertz CT molecular complexity index is 211. The van der Waals surface area contributed by atoms with Crippen LogP contribution in [-0.4, -0.2) is 5.78 Å². The van der Waals surface area contributed by atoms with Crippen LogP contribution in [0.4, 0.5) is 0 Å². The molecule has 0 bridgehead atoms. The van der Waals surface area contributed by atoms with E-state index in [1.54, 1.807) is 12.8 Å². The van der Waals surface area contributed by atoms with Crippen LogP contribution in [0.15, 0.2) is 0 Å². The van der Waals surface area contributed by atoms with Gasteiger partial charge in [-0.15, -0.1) is 0 Å². The third-order valence-corrected chi connectivity index (χ3v) is 1.48. The van der Waals surface area contributed by atoms with E-state index in [0.717, 1.165) is 0 Å². The van der Waals surface area contributed by atoms with Crippen LogP contribution >= 0.6 is 0 Å². The van der Waals surface area contributed by atoms with Crippen LogP contribution in [0, 0.1) is 63.7 Å². The predicted octanol–water partition coefficient (Wildman–Crippen LogP) is 2.00. The minimum absolute atomic E-state index is 0.